The predicted octanol–water partition coefficient (Wildman–Crippen LogP) is 4.87. The maximum atomic E-state index is 12.8. The lowest BCUT2D eigenvalue weighted by atomic mass is 9.84. The Morgan fingerprint density at radius 1 is 0.862 bits per heavy atom. The van der Waals surface area contributed by atoms with Gasteiger partial charge in [0.2, 0.25) is 0 Å². The van der Waals surface area contributed by atoms with Gasteiger partial charge in [0.05, 0.1) is 16.8 Å². The molecule has 0 fully saturated rings. The van der Waals surface area contributed by atoms with Crippen molar-refractivity contribution in [3.63, 3.8) is 0 Å². The van der Waals surface area contributed by atoms with Crippen LogP contribution < -0.4 is 5.06 Å². The topological polar surface area (TPSA) is 73.0 Å². The molecule has 0 saturated heterocycles. The summed E-state index contributed by atoms with van der Waals surface area (Å²) in [5.41, 5.74) is 1.50. The quantitative estimate of drug-likeness (QED) is 0.439. The summed E-state index contributed by atoms with van der Waals surface area (Å²) >= 11 is 0. The molecule has 0 saturated carbocycles. The molecule has 3 rings (SSSR count). The van der Waals surface area contributed by atoms with Gasteiger partial charge in [-0.25, -0.2) is 5.21 Å². The molecule has 1 aliphatic rings. The minimum absolute atomic E-state index is 0.253. The van der Waals surface area contributed by atoms with Crippen LogP contribution in [0.3, 0.4) is 0 Å². The average molecular weight is 398 g/mol. The van der Waals surface area contributed by atoms with E-state index in [1.165, 1.54) is 5.06 Å². The van der Waals surface area contributed by atoms with Gasteiger partial charge in [-0.3, -0.25) is 15.0 Å². The summed E-state index contributed by atoms with van der Waals surface area (Å²) in [6.45, 7) is 13.2. The van der Waals surface area contributed by atoms with Crippen LogP contribution in [0.15, 0.2) is 48.5 Å². The Hall–Kier alpha value is -2.57. The zero-order valence-corrected chi connectivity index (χ0v) is 18.3. The van der Waals surface area contributed by atoms with Crippen LogP contribution in [-0.4, -0.2) is 42.7 Å². The Bertz CT molecular complexity index is 923. The van der Waals surface area contributed by atoms with Gasteiger partial charge in [0.15, 0.2) is 5.54 Å². The van der Waals surface area contributed by atoms with Gasteiger partial charge in [-0.05, 0) is 83.9 Å². The predicted molar refractivity (Wildman–Crippen MR) is 115 cm³/mol. The van der Waals surface area contributed by atoms with E-state index in [0.29, 0.717) is 5.56 Å². The van der Waals surface area contributed by atoms with E-state index >= 15 is 0 Å². The van der Waals surface area contributed by atoms with Crippen LogP contribution in [0.25, 0.3) is 11.1 Å². The molecule has 1 heterocycles. The summed E-state index contributed by atoms with van der Waals surface area (Å²) in [4.78, 5) is 0. The van der Waals surface area contributed by atoms with Crippen LogP contribution in [0.1, 0.15) is 54.0 Å². The van der Waals surface area contributed by atoms with Gasteiger partial charge in [-0.2, -0.15) is 0 Å². The van der Waals surface area contributed by atoms with Gasteiger partial charge in [0.1, 0.15) is 5.54 Å². The average Bonchev–Trinajstić information content (AvgIpc) is 2.78. The molecular formula is C23H31N3O3. The van der Waals surface area contributed by atoms with E-state index in [0.717, 1.165) is 26.6 Å². The van der Waals surface area contributed by atoms with Crippen molar-refractivity contribution in [2.24, 2.45) is 0 Å². The number of nitrogens with zero attached hydrogens (tertiary/aromatic N) is 3. The van der Waals surface area contributed by atoms with Crippen molar-refractivity contribution in [1.29, 1.82) is 0 Å². The molecule has 29 heavy (non-hydrogen) atoms. The molecule has 156 valence electrons. The molecule has 0 bridgehead atoms. The van der Waals surface area contributed by atoms with E-state index < -0.39 is 11.1 Å². The SMILES string of the molecule is CC(C)(C)N(O)c1ccc(-c2ccc(C3=[N+]([O-])C(C)(C)C(C)(C)N3O)cc2)cc1. The number of anilines is 1. The first kappa shape index (κ1) is 21.1. The number of hydrogen-bond donors (Lipinski definition) is 2. The molecule has 0 aliphatic carbocycles. The van der Waals surface area contributed by atoms with Crippen LogP contribution in [-0.2, 0) is 0 Å². The van der Waals surface area contributed by atoms with E-state index in [1.807, 2.05) is 97.0 Å². The second-order valence-electron chi connectivity index (χ2n) is 9.65. The van der Waals surface area contributed by atoms with Crippen molar-refractivity contribution in [1.82, 2.24) is 5.06 Å². The Labute approximate surface area is 172 Å². The molecule has 0 atom stereocenters. The number of hydrogen-bond acceptors (Lipinski definition) is 5. The molecule has 0 aromatic heterocycles. The molecule has 1 aliphatic heterocycles. The number of amidine groups is 1. The molecule has 6 nitrogen and oxygen atoms in total. The fraction of sp³-hybridized carbons (Fsp3) is 0.435. The Morgan fingerprint density at radius 2 is 1.28 bits per heavy atom. The first-order chi connectivity index (χ1) is 13.3. The van der Waals surface area contributed by atoms with Gasteiger partial charge < -0.3 is 5.21 Å². The Balaban J connectivity index is 1.89. The molecular weight excluding hydrogens is 366 g/mol. The highest BCUT2D eigenvalue weighted by Crippen LogP contribution is 2.37. The monoisotopic (exact) mass is 397 g/mol. The van der Waals surface area contributed by atoms with Crippen molar-refractivity contribution in [2.75, 3.05) is 5.06 Å². The largest absolute Gasteiger partial charge is 0.714 e. The standard InChI is InChI=1S/C23H31N3O3/c1-21(2,3)24(27)19-14-12-17(13-15-19)16-8-10-18(11-9-16)20-25(28)22(4,5)23(6,7)26(20)29/h8-15,27-28H,1-7H3. The van der Waals surface area contributed by atoms with Gasteiger partial charge in [0, 0.05) is 0 Å². The molecule has 0 spiro atoms. The number of benzene rings is 2. The smallest absolute Gasteiger partial charge is 0.313 e. The highest BCUT2D eigenvalue weighted by Gasteiger charge is 2.58. The first-order valence-electron chi connectivity index (χ1n) is 9.82. The molecule has 6 heteroatoms. The highest BCUT2D eigenvalue weighted by atomic mass is 16.5. The minimum atomic E-state index is -0.769. The van der Waals surface area contributed by atoms with Crippen LogP contribution in [0, 0.1) is 5.21 Å². The van der Waals surface area contributed by atoms with Crippen LogP contribution in [0.2, 0.25) is 0 Å². The van der Waals surface area contributed by atoms with E-state index in [2.05, 4.69) is 0 Å². The molecule has 2 N–H and O–H groups in total. The number of hydroxylamine groups is 4. The van der Waals surface area contributed by atoms with Gasteiger partial charge in [0.25, 0.3) is 0 Å². The van der Waals surface area contributed by atoms with Crippen LogP contribution in [0.4, 0.5) is 5.69 Å². The summed E-state index contributed by atoms with van der Waals surface area (Å²) in [7, 11) is 0. The third-order valence-corrected chi connectivity index (χ3v) is 6.15. The maximum absolute atomic E-state index is 12.8. The normalized spacial score (nSPS) is 18.3. The summed E-state index contributed by atoms with van der Waals surface area (Å²) in [6.07, 6.45) is 0. The van der Waals surface area contributed by atoms with Gasteiger partial charge in [-0.1, -0.05) is 24.3 Å². The van der Waals surface area contributed by atoms with E-state index in [1.54, 1.807) is 0 Å². The molecule has 0 radical (unpaired) electrons. The van der Waals surface area contributed by atoms with E-state index in [9.17, 15) is 15.6 Å². The Morgan fingerprint density at radius 3 is 1.66 bits per heavy atom. The van der Waals surface area contributed by atoms with Crippen molar-refractivity contribution in [3.8, 4) is 11.1 Å². The van der Waals surface area contributed by atoms with Gasteiger partial charge >= 0.3 is 5.84 Å². The van der Waals surface area contributed by atoms with Crippen molar-refractivity contribution >= 4 is 11.5 Å². The van der Waals surface area contributed by atoms with Crippen LogP contribution in [0.5, 0.6) is 0 Å². The summed E-state index contributed by atoms with van der Waals surface area (Å²) in [5, 5.41) is 36.1. The molecule has 2 aromatic rings. The molecule has 2 aromatic carbocycles. The summed E-state index contributed by atoms with van der Waals surface area (Å²) in [6, 6.07) is 15.2. The van der Waals surface area contributed by atoms with Gasteiger partial charge in [-0.15, -0.1) is 5.06 Å². The molecule has 0 unspecified atom stereocenters. The van der Waals surface area contributed by atoms with E-state index in [-0.39, 0.29) is 11.4 Å². The fourth-order valence-electron chi connectivity index (χ4n) is 3.36. The maximum Gasteiger partial charge on any atom is 0.313 e. The highest BCUT2D eigenvalue weighted by molar-refractivity contribution is 5.96. The lowest BCUT2D eigenvalue weighted by Crippen LogP contribution is -2.53. The summed E-state index contributed by atoms with van der Waals surface area (Å²) < 4.78 is 0.888. The summed E-state index contributed by atoms with van der Waals surface area (Å²) in [5.74, 6) is 0.253. The third-order valence-electron chi connectivity index (χ3n) is 6.15. The zero-order valence-electron chi connectivity index (χ0n) is 18.3. The number of rotatable bonds is 3. The second-order valence-corrected chi connectivity index (χ2v) is 9.65. The van der Waals surface area contributed by atoms with Crippen LogP contribution >= 0.6 is 0 Å². The third kappa shape index (κ3) is 3.36. The molecule has 0 amide bonds. The second kappa shape index (κ2) is 6.75. The Kier molecular flexibility index (Phi) is 4.92. The first-order valence-corrected chi connectivity index (χ1v) is 9.82. The fourth-order valence-corrected chi connectivity index (χ4v) is 3.36. The minimum Gasteiger partial charge on any atom is -0.714 e. The van der Waals surface area contributed by atoms with Crippen molar-refractivity contribution < 1.29 is 15.2 Å². The zero-order chi connectivity index (χ0) is 21.8. The lowest BCUT2D eigenvalue weighted by Gasteiger charge is -2.33. The lowest BCUT2D eigenvalue weighted by molar-refractivity contribution is -0.539. The van der Waals surface area contributed by atoms with E-state index in [4.69, 9.17) is 0 Å². The van der Waals surface area contributed by atoms with Crippen molar-refractivity contribution in [2.45, 2.75) is 65.1 Å². The van der Waals surface area contributed by atoms with Crippen molar-refractivity contribution in [3.05, 3.63) is 59.3 Å².